The first kappa shape index (κ1) is 13.6. The van der Waals surface area contributed by atoms with Gasteiger partial charge in [-0.1, -0.05) is 28.1 Å². The number of hydrogen-bond acceptors (Lipinski definition) is 4. The summed E-state index contributed by atoms with van der Waals surface area (Å²) in [5.74, 6) is 1.61. The van der Waals surface area contributed by atoms with Crippen molar-refractivity contribution in [3.05, 3.63) is 33.8 Å². The molecule has 0 saturated heterocycles. The fourth-order valence-electron chi connectivity index (χ4n) is 3.90. The highest BCUT2D eigenvalue weighted by Gasteiger charge is 2.52. The molecule has 2 heterocycles. The summed E-state index contributed by atoms with van der Waals surface area (Å²) in [5.41, 5.74) is 2.32. The SMILES string of the molecule is COc1cc(Br)c2c3c1O[C@H]1C[C@@H](O)C=C[C@@]31CCNC2. The number of aliphatic hydroxyl groups excluding tert-OH is 1. The summed E-state index contributed by atoms with van der Waals surface area (Å²) in [6.07, 6.45) is 5.22. The number of benzene rings is 1. The predicted octanol–water partition coefficient (Wildman–Crippen LogP) is 2.27. The molecule has 0 saturated carbocycles. The molecule has 0 amide bonds. The van der Waals surface area contributed by atoms with Gasteiger partial charge in [-0.3, -0.25) is 0 Å². The molecule has 5 heteroatoms. The Balaban J connectivity index is 2.00. The van der Waals surface area contributed by atoms with E-state index in [2.05, 4.69) is 27.3 Å². The summed E-state index contributed by atoms with van der Waals surface area (Å²) in [6, 6.07) is 1.98. The molecule has 0 fully saturated rings. The Kier molecular flexibility index (Phi) is 3.07. The molecule has 0 aromatic heterocycles. The van der Waals surface area contributed by atoms with Gasteiger partial charge in [-0.2, -0.15) is 0 Å². The zero-order chi connectivity index (χ0) is 14.6. The molecule has 4 rings (SSSR count). The van der Waals surface area contributed by atoms with Crippen molar-refractivity contribution in [2.24, 2.45) is 0 Å². The van der Waals surface area contributed by atoms with Crippen LogP contribution in [0.2, 0.25) is 0 Å². The fraction of sp³-hybridized carbons (Fsp3) is 0.500. The molecule has 3 aliphatic rings. The van der Waals surface area contributed by atoms with E-state index in [1.807, 2.05) is 12.1 Å². The van der Waals surface area contributed by atoms with Gasteiger partial charge >= 0.3 is 0 Å². The lowest BCUT2D eigenvalue weighted by atomic mass is 9.69. The van der Waals surface area contributed by atoms with Crippen molar-refractivity contribution in [3.8, 4) is 11.5 Å². The number of halogens is 1. The highest BCUT2D eigenvalue weighted by molar-refractivity contribution is 9.10. The predicted molar refractivity (Wildman–Crippen MR) is 82.9 cm³/mol. The molecule has 1 aromatic carbocycles. The van der Waals surface area contributed by atoms with Gasteiger partial charge in [0.2, 0.25) is 0 Å². The van der Waals surface area contributed by atoms with Gasteiger partial charge in [0, 0.05) is 23.0 Å². The lowest BCUT2D eigenvalue weighted by Gasteiger charge is -2.35. The van der Waals surface area contributed by atoms with Crippen LogP contribution in [-0.2, 0) is 12.0 Å². The molecular formula is C16H18BrNO3. The van der Waals surface area contributed by atoms with Gasteiger partial charge in [-0.25, -0.2) is 0 Å². The molecule has 2 aliphatic heterocycles. The van der Waals surface area contributed by atoms with E-state index in [1.165, 1.54) is 11.1 Å². The molecule has 0 unspecified atom stereocenters. The number of rotatable bonds is 1. The van der Waals surface area contributed by atoms with Crippen LogP contribution in [0.1, 0.15) is 24.0 Å². The van der Waals surface area contributed by atoms with Gasteiger partial charge in [-0.15, -0.1) is 0 Å². The second kappa shape index (κ2) is 4.73. The molecule has 2 N–H and O–H groups in total. The van der Waals surface area contributed by atoms with E-state index in [1.54, 1.807) is 7.11 Å². The Hall–Kier alpha value is -1.04. The number of methoxy groups -OCH3 is 1. The number of nitrogens with one attached hydrogen (secondary N) is 1. The van der Waals surface area contributed by atoms with Crippen molar-refractivity contribution in [2.75, 3.05) is 13.7 Å². The van der Waals surface area contributed by atoms with E-state index in [0.29, 0.717) is 6.42 Å². The normalized spacial score (nSPS) is 32.9. The maximum absolute atomic E-state index is 9.96. The largest absolute Gasteiger partial charge is 0.493 e. The summed E-state index contributed by atoms with van der Waals surface area (Å²) in [7, 11) is 1.67. The molecule has 0 radical (unpaired) electrons. The number of hydrogen-bond donors (Lipinski definition) is 2. The van der Waals surface area contributed by atoms with E-state index in [4.69, 9.17) is 9.47 Å². The van der Waals surface area contributed by atoms with Crippen LogP contribution < -0.4 is 14.8 Å². The summed E-state index contributed by atoms with van der Waals surface area (Å²) < 4.78 is 12.8. The Bertz CT molecular complexity index is 630. The van der Waals surface area contributed by atoms with E-state index in [9.17, 15) is 5.11 Å². The van der Waals surface area contributed by atoms with E-state index in [0.717, 1.165) is 35.5 Å². The van der Waals surface area contributed by atoms with Crippen molar-refractivity contribution in [1.82, 2.24) is 5.32 Å². The Morgan fingerprint density at radius 1 is 1.52 bits per heavy atom. The van der Waals surface area contributed by atoms with Crippen LogP contribution in [0.4, 0.5) is 0 Å². The minimum Gasteiger partial charge on any atom is -0.493 e. The van der Waals surface area contributed by atoms with Crippen molar-refractivity contribution in [3.63, 3.8) is 0 Å². The first-order valence-corrected chi connectivity index (χ1v) is 8.09. The van der Waals surface area contributed by atoms with E-state index in [-0.39, 0.29) is 11.5 Å². The Morgan fingerprint density at radius 2 is 2.38 bits per heavy atom. The first-order valence-electron chi connectivity index (χ1n) is 7.30. The molecular weight excluding hydrogens is 334 g/mol. The standard InChI is InChI=1S/C16H18BrNO3/c1-20-12-7-11(17)10-8-18-5-4-16-3-2-9(19)6-13(16)21-15(12)14(10)16/h2-3,7,9,13,18-19H,4-6,8H2,1H3/t9-,13-,16-/m0/s1. The van der Waals surface area contributed by atoms with Gasteiger partial charge in [0.05, 0.1) is 18.6 Å². The Labute approximate surface area is 132 Å². The topological polar surface area (TPSA) is 50.7 Å². The second-order valence-electron chi connectivity index (χ2n) is 5.98. The van der Waals surface area contributed by atoms with Crippen LogP contribution >= 0.6 is 15.9 Å². The third-order valence-corrected chi connectivity index (χ3v) is 5.61. The minimum absolute atomic E-state index is 0.0191. The summed E-state index contributed by atoms with van der Waals surface area (Å²) in [4.78, 5) is 0. The third kappa shape index (κ3) is 1.81. The van der Waals surface area contributed by atoms with Gasteiger partial charge in [0.25, 0.3) is 0 Å². The van der Waals surface area contributed by atoms with Crippen LogP contribution in [0.25, 0.3) is 0 Å². The van der Waals surface area contributed by atoms with Crippen molar-refractivity contribution in [2.45, 2.75) is 37.0 Å². The van der Waals surface area contributed by atoms with Crippen molar-refractivity contribution >= 4 is 15.9 Å². The molecule has 4 nitrogen and oxygen atoms in total. The van der Waals surface area contributed by atoms with Gasteiger partial charge in [0.1, 0.15) is 6.10 Å². The first-order chi connectivity index (χ1) is 10.2. The van der Waals surface area contributed by atoms with Gasteiger partial charge in [0.15, 0.2) is 11.5 Å². The minimum atomic E-state index is -0.427. The van der Waals surface area contributed by atoms with Gasteiger partial charge in [-0.05, 0) is 24.6 Å². The van der Waals surface area contributed by atoms with Crippen LogP contribution in [0, 0.1) is 0 Å². The van der Waals surface area contributed by atoms with E-state index < -0.39 is 6.10 Å². The summed E-state index contributed by atoms with van der Waals surface area (Å²) in [5, 5.41) is 13.5. The van der Waals surface area contributed by atoms with Crippen LogP contribution in [0.3, 0.4) is 0 Å². The highest BCUT2D eigenvalue weighted by atomic mass is 79.9. The summed E-state index contributed by atoms with van der Waals surface area (Å²) >= 11 is 3.67. The lowest BCUT2D eigenvalue weighted by Crippen LogP contribution is -2.42. The zero-order valence-electron chi connectivity index (χ0n) is 11.9. The van der Waals surface area contributed by atoms with Gasteiger partial charge < -0.3 is 19.9 Å². The molecule has 3 atom stereocenters. The second-order valence-corrected chi connectivity index (χ2v) is 6.83. The Morgan fingerprint density at radius 3 is 3.19 bits per heavy atom. The maximum atomic E-state index is 9.96. The van der Waals surface area contributed by atoms with Crippen LogP contribution in [-0.4, -0.2) is 31.0 Å². The zero-order valence-corrected chi connectivity index (χ0v) is 13.4. The van der Waals surface area contributed by atoms with Crippen LogP contribution in [0.5, 0.6) is 11.5 Å². The van der Waals surface area contributed by atoms with E-state index >= 15 is 0 Å². The molecule has 21 heavy (non-hydrogen) atoms. The number of aliphatic hydroxyl groups is 1. The molecule has 112 valence electrons. The molecule has 0 bridgehead atoms. The smallest absolute Gasteiger partial charge is 0.166 e. The monoisotopic (exact) mass is 351 g/mol. The number of ether oxygens (including phenoxy) is 2. The molecule has 1 spiro atoms. The summed E-state index contributed by atoms with van der Waals surface area (Å²) in [6.45, 7) is 1.75. The lowest BCUT2D eigenvalue weighted by molar-refractivity contribution is 0.0851. The average molecular weight is 352 g/mol. The molecule has 1 aliphatic carbocycles. The quantitative estimate of drug-likeness (QED) is 0.762. The maximum Gasteiger partial charge on any atom is 0.166 e. The highest BCUT2D eigenvalue weighted by Crippen LogP contribution is 2.56. The van der Waals surface area contributed by atoms with Crippen LogP contribution in [0.15, 0.2) is 22.7 Å². The van der Waals surface area contributed by atoms with Crippen molar-refractivity contribution < 1.29 is 14.6 Å². The van der Waals surface area contributed by atoms with Crippen molar-refractivity contribution in [1.29, 1.82) is 0 Å². The fourth-order valence-corrected chi connectivity index (χ4v) is 4.44. The molecule has 1 aromatic rings. The average Bonchev–Trinajstić information content (AvgIpc) is 2.67. The third-order valence-electron chi connectivity index (χ3n) is 4.91.